The third-order valence-corrected chi connectivity index (χ3v) is 2.32. The third-order valence-electron chi connectivity index (χ3n) is 1.73. The molecule has 5 heteroatoms. The topological polar surface area (TPSA) is 55.4 Å². The first kappa shape index (κ1) is 10.8. The van der Waals surface area contributed by atoms with Crippen molar-refractivity contribution in [1.82, 2.24) is 0 Å². The average molecular weight is 215 g/mol. The highest BCUT2D eigenvalue weighted by atomic mass is 32.2. The van der Waals surface area contributed by atoms with Crippen LogP contribution in [0.1, 0.15) is 5.56 Å². The van der Waals surface area contributed by atoms with Gasteiger partial charge in [0.05, 0.1) is 19.1 Å². The van der Waals surface area contributed by atoms with Crippen LogP contribution in [0.4, 0.5) is 5.69 Å². The molecule has 0 saturated carbocycles. The first-order valence-electron chi connectivity index (χ1n) is 4.05. The van der Waals surface area contributed by atoms with E-state index < -0.39 is 10.0 Å². The fourth-order valence-corrected chi connectivity index (χ4v) is 1.71. The predicted molar refractivity (Wildman–Crippen MR) is 56.2 cm³/mol. The molecule has 0 bridgehead atoms. The number of methoxy groups -OCH3 is 1. The van der Waals surface area contributed by atoms with Crippen LogP contribution in [0.5, 0.6) is 5.75 Å². The number of nitrogens with one attached hydrogen (secondary N) is 1. The number of sulfonamides is 1. The second kappa shape index (κ2) is 3.88. The molecule has 0 saturated heterocycles. The number of hydrogen-bond acceptors (Lipinski definition) is 3. The van der Waals surface area contributed by atoms with E-state index in [9.17, 15) is 8.42 Å². The molecule has 14 heavy (non-hydrogen) atoms. The molecule has 0 aliphatic rings. The van der Waals surface area contributed by atoms with E-state index >= 15 is 0 Å². The molecule has 0 aromatic heterocycles. The zero-order valence-corrected chi connectivity index (χ0v) is 9.18. The summed E-state index contributed by atoms with van der Waals surface area (Å²) in [5.74, 6) is 0.710. The molecule has 0 aliphatic carbocycles. The van der Waals surface area contributed by atoms with E-state index in [1.165, 1.54) is 0 Å². The summed E-state index contributed by atoms with van der Waals surface area (Å²) in [5.41, 5.74) is 1.41. The Labute approximate surface area is 84.0 Å². The van der Waals surface area contributed by atoms with Crippen molar-refractivity contribution in [3.05, 3.63) is 23.8 Å². The maximum Gasteiger partial charge on any atom is 0.229 e. The van der Waals surface area contributed by atoms with Crippen LogP contribution in [-0.2, 0) is 10.0 Å². The third kappa shape index (κ3) is 2.92. The molecule has 78 valence electrons. The molecule has 0 amide bonds. The van der Waals surface area contributed by atoms with Gasteiger partial charge in [0.25, 0.3) is 0 Å². The van der Waals surface area contributed by atoms with Gasteiger partial charge in [0, 0.05) is 0 Å². The van der Waals surface area contributed by atoms with Gasteiger partial charge < -0.3 is 4.74 Å². The number of benzene rings is 1. The van der Waals surface area contributed by atoms with Gasteiger partial charge in [0.15, 0.2) is 0 Å². The van der Waals surface area contributed by atoms with Gasteiger partial charge in [-0.1, -0.05) is 0 Å². The molecule has 1 aromatic rings. The Morgan fingerprint density at radius 2 is 2.00 bits per heavy atom. The summed E-state index contributed by atoms with van der Waals surface area (Å²) in [6.07, 6.45) is 1.12. The fourth-order valence-electron chi connectivity index (χ4n) is 1.08. The monoisotopic (exact) mass is 215 g/mol. The molecule has 0 unspecified atom stereocenters. The summed E-state index contributed by atoms with van der Waals surface area (Å²) in [7, 11) is -1.64. The lowest BCUT2D eigenvalue weighted by atomic mass is 10.2. The number of rotatable bonds is 3. The SMILES string of the molecule is COc1ccc(NS(C)(=O)=O)c(C)c1. The number of anilines is 1. The number of ether oxygens (including phenoxy) is 1. The van der Waals surface area contributed by atoms with Crippen molar-refractivity contribution in [3.8, 4) is 5.75 Å². The molecule has 0 fully saturated rings. The van der Waals surface area contributed by atoms with Gasteiger partial charge in [-0.3, -0.25) is 4.72 Å². The van der Waals surface area contributed by atoms with Gasteiger partial charge in [0.2, 0.25) is 10.0 Å². The van der Waals surface area contributed by atoms with Crippen molar-refractivity contribution < 1.29 is 13.2 Å². The summed E-state index contributed by atoms with van der Waals surface area (Å²) in [5, 5.41) is 0. The van der Waals surface area contributed by atoms with Crippen LogP contribution < -0.4 is 9.46 Å². The summed E-state index contributed by atoms with van der Waals surface area (Å²) in [4.78, 5) is 0. The normalized spacial score (nSPS) is 11.1. The Balaban J connectivity index is 3.01. The van der Waals surface area contributed by atoms with Crippen LogP contribution in [-0.4, -0.2) is 21.8 Å². The van der Waals surface area contributed by atoms with Crippen molar-refractivity contribution >= 4 is 15.7 Å². The Hall–Kier alpha value is -1.23. The lowest BCUT2D eigenvalue weighted by molar-refractivity contribution is 0.414. The van der Waals surface area contributed by atoms with E-state index in [0.29, 0.717) is 11.4 Å². The highest BCUT2D eigenvalue weighted by molar-refractivity contribution is 7.92. The summed E-state index contributed by atoms with van der Waals surface area (Å²) in [6.45, 7) is 1.82. The van der Waals surface area contributed by atoms with E-state index in [1.54, 1.807) is 25.3 Å². The number of aryl methyl sites for hydroxylation is 1. The number of hydrogen-bond donors (Lipinski definition) is 1. The van der Waals surface area contributed by atoms with Gasteiger partial charge in [-0.15, -0.1) is 0 Å². The second-order valence-electron chi connectivity index (χ2n) is 3.06. The summed E-state index contributed by atoms with van der Waals surface area (Å²) in [6, 6.07) is 5.16. The Kier molecular flexibility index (Phi) is 3.00. The first-order chi connectivity index (χ1) is 6.42. The Morgan fingerprint density at radius 3 is 2.43 bits per heavy atom. The molecule has 4 nitrogen and oxygen atoms in total. The predicted octanol–water partition coefficient (Wildman–Crippen LogP) is 1.38. The average Bonchev–Trinajstić information content (AvgIpc) is 2.06. The lowest BCUT2D eigenvalue weighted by Crippen LogP contribution is -2.10. The molecule has 1 rings (SSSR count). The molecule has 0 radical (unpaired) electrons. The van der Waals surface area contributed by atoms with Crippen molar-refractivity contribution in [2.24, 2.45) is 0 Å². The Morgan fingerprint density at radius 1 is 1.36 bits per heavy atom. The maximum absolute atomic E-state index is 11.0. The van der Waals surface area contributed by atoms with E-state index in [2.05, 4.69) is 4.72 Å². The van der Waals surface area contributed by atoms with E-state index in [0.717, 1.165) is 11.8 Å². The van der Waals surface area contributed by atoms with Crippen LogP contribution in [0.2, 0.25) is 0 Å². The molecule has 0 atom stereocenters. The maximum atomic E-state index is 11.0. The molecule has 0 aliphatic heterocycles. The second-order valence-corrected chi connectivity index (χ2v) is 4.80. The smallest absolute Gasteiger partial charge is 0.229 e. The van der Waals surface area contributed by atoms with Crippen molar-refractivity contribution in [3.63, 3.8) is 0 Å². The minimum atomic E-state index is -3.21. The van der Waals surface area contributed by atoms with Gasteiger partial charge in [-0.2, -0.15) is 0 Å². The van der Waals surface area contributed by atoms with Gasteiger partial charge >= 0.3 is 0 Å². The van der Waals surface area contributed by atoms with Crippen molar-refractivity contribution in [2.75, 3.05) is 18.1 Å². The van der Waals surface area contributed by atoms with Gasteiger partial charge in [-0.25, -0.2) is 8.42 Å². The van der Waals surface area contributed by atoms with E-state index in [1.807, 2.05) is 6.92 Å². The fraction of sp³-hybridized carbons (Fsp3) is 0.333. The van der Waals surface area contributed by atoms with Gasteiger partial charge in [-0.05, 0) is 30.7 Å². The van der Waals surface area contributed by atoms with Crippen LogP contribution in [0.15, 0.2) is 18.2 Å². The highest BCUT2D eigenvalue weighted by Gasteiger charge is 2.05. The van der Waals surface area contributed by atoms with Crippen LogP contribution >= 0.6 is 0 Å². The zero-order chi connectivity index (χ0) is 10.8. The lowest BCUT2D eigenvalue weighted by Gasteiger charge is -2.08. The molecule has 1 aromatic carbocycles. The summed E-state index contributed by atoms with van der Waals surface area (Å²) < 4.78 is 29.4. The Bertz CT molecular complexity index is 426. The van der Waals surface area contributed by atoms with Crippen LogP contribution in [0.3, 0.4) is 0 Å². The first-order valence-corrected chi connectivity index (χ1v) is 5.94. The largest absolute Gasteiger partial charge is 0.497 e. The molecule has 1 N–H and O–H groups in total. The van der Waals surface area contributed by atoms with Gasteiger partial charge in [0.1, 0.15) is 5.75 Å². The quantitative estimate of drug-likeness (QED) is 0.828. The van der Waals surface area contributed by atoms with Crippen molar-refractivity contribution in [2.45, 2.75) is 6.92 Å². The minimum Gasteiger partial charge on any atom is -0.497 e. The molecular formula is C9H13NO3S. The van der Waals surface area contributed by atoms with E-state index in [-0.39, 0.29) is 0 Å². The minimum absolute atomic E-state index is 0.577. The molecular weight excluding hydrogens is 202 g/mol. The molecule has 0 heterocycles. The van der Waals surface area contributed by atoms with Crippen molar-refractivity contribution in [1.29, 1.82) is 0 Å². The standard InChI is InChI=1S/C9H13NO3S/c1-7-6-8(13-2)4-5-9(7)10-14(3,11)12/h4-6,10H,1-3H3. The highest BCUT2D eigenvalue weighted by Crippen LogP contribution is 2.21. The molecule has 0 spiro atoms. The van der Waals surface area contributed by atoms with Crippen LogP contribution in [0.25, 0.3) is 0 Å². The van der Waals surface area contributed by atoms with E-state index in [4.69, 9.17) is 4.74 Å². The summed E-state index contributed by atoms with van der Waals surface area (Å²) >= 11 is 0. The van der Waals surface area contributed by atoms with Crippen LogP contribution in [0, 0.1) is 6.92 Å². The zero-order valence-electron chi connectivity index (χ0n) is 8.37.